The van der Waals surface area contributed by atoms with E-state index in [0.717, 1.165) is 12.1 Å². The zero-order valence-electron chi connectivity index (χ0n) is 15.7. The van der Waals surface area contributed by atoms with Crippen molar-refractivity contribution in [2.75, 3.05) is 32.8 Å². The lowest BCUT2D eigenvalue weighted by molar-refractivity contribution is 0.181. The predicted octanol–water partition coefficient (Wildman–Crippen LogP) is 3.55. The Morgan fingerprint density at radius 2 is 1.74 bits per heavy atom. The average molecular weight is 409 g/mol. The van der Waals surface area contributed by atoms with Gasteiger partial charge < -0.3 is 4.74 Å². The summed E-state index contributed by atoms with van der Waals surface area (Å²) >= 11 is 6.20. The van der Waals surface area contributed by atoms with Gasteiger partial charge in [-0.25, -0.2) is 8.42 Å². The Balaban J connectivity index is 1.74. The third-order valence-corrected chi connectivity index (χ3v) is 7.05. The lowest BCUT2D eigenvalue weighted by atomic mass is 10.2. The highest BCUT2D eigenvalue weighted by molar-refractivity contribution is 7.89. The summed E-state index contributed by atoms with van der Waals surface area (Å²) in [5, 5.41) is 0.430. The monoisotopic (exact) mass is 408 g/mol. The van der Waals surface area contributed by atoms with Crippen molar-refractivity contribution in [2.24, 2.45) is 0 Å². The third kappa shape index (κ3) is 4.63. The molecule has 0 saturated carbocycles. The number of ether oxygens (including phenoxy) is 1. The van der Waals surface area contributed by atoms with Gasteiger partial charge in [0.1, 0.15) is 10.6 Å². The van der Waals surface area contributed by atoms with E-state index in [1.54, 1.807) is 6.07 Å². The molecule has 1 heterocycles. The maximum Gasteiger partial charge on any atom is 0.246 e. The van der Waals surface area contributed by atoms with Crippen molar-refractivity contribution in [2.45, 2.75) is 25.3 Å². The van der Waals surface area contributed by atoms with Crippen LogP contribution in [0.15, 0.2) is 47.4 Å². The Labute approximate surface area is 166 Å². The third-order valence-electron chi connectivity index (χ3n) is 4.72. The maximum atomic E-state index is 13.2. The number of piperazine rings is 1. The van der Waals surface area contributed by atoms with E-state index in [1.165, 1.54) is 15.9 Å². The number of hydrogen-bond donors (Lipinski definition) is 0. The highest BCUT2D eigenvalue weighted by atomic mass is 35.5. The van der Waals surface area contributed by atoms with Crippen molar-refractivity contribution in [1.29, 1.82) is 0 Å². The van der Waals surface area contributed by atoms with Crippen LogP contribution in [-0.2, 0) is 16.6 Å². The lowest BCUT2D eigenvalue weighted by Gasteiger charge is -2.34. The van der Waals surface area contributed by atoms with E-state index in [4.69, 9.17) is 16.3 Å². The molecule has 7 heteroatoms. The second-order valence-corrected chi connectivity index (χ2v) is 8.96. The molecular formula is C20H25ClN2O3S. The number of aryl methyl sites for hydroxylation is 1. The van der Waals surface area contributed by atoms with Crippen LogP contribution in [-0.4, -0.2) is 50.4 Å². The zero-order valence-corrected chi connectivity index (χ0v) is 17.3. The molecule has 0 bridgehead atoms. The van der Waals surface area contributed by atoms with Crippen LogP contribution in [0.3, 0.4) is 0 Å². The molecule has 27 heavy (non-hydrogen) atoms. The Kier molecular flexibility index (Phi) is 6.42. The van der Waals surface area contributed by atoms with Crippen molar-refractivity contribution < 1.29 is 13.2 Å². The molecule has 0 aromatic heterocycles. The summed E-state index contributed by atoms with van der Waals surface area (Å²) in [7, 11) is -3.65. The van der Waals surface area contributed by atoms with Gasteiger partial charge in [0.15, 0.2) is 0 Å². The highest BCUT2D eigenvalue weighted by Crippen LogP contribution is 2.32. The summed E-state index contributed by atoms with van der Waals surface area (Å²) < 4.78 is 33.5. The minimum absolute atomic E-state index is 0.149. The minimum Gasteiger partial charge on any atom is -0.492 e. The van der Waals surface area contributed by atoms with E-state index in [2.05, 4.69) is 17.0 Å². The van der Waals surface area contributed by atoms with E-state index >= 15 is 0 Å². The van der Waals surface area contributed by atoms with Gasteiger partial charge in [0, 0.05) is 37.7 Å². The normalized spacial score (nSPS) is 16.4. The molecule has 3 rings (SSSR count). The molecule has 0 aliphatic carbocycles. The van der Waals surface area contributed by atoms with E-state index < -0.39 is 10.0 Å². The first kappa shape index (κ1) is 20.1. The number of nitrogens with zero attached hydrogens (tertiary/aromatic N) is 2. The molecule has 146 valence electrons. The Morgan fingerprint density at radius 3 is 2.37 bits per heavy atom. The van der Waals surface area contributed by atoms with Gasteiger partial charge in [-0.2, -0.15) is 4.31 Å². The molecule has 1 saturated heterocycles. The Bertz CT molecular complexity index is 880. The standard InChI is InChI=1S/C20H25ClN2O3S/c1-3-26-19-13-16(2)18(21)14-20(19)27(24,25)23-11-9-22(10-12-23)15-17-7-5-4-6-8-17/h4-8,13-14H,3,9-12,15H2,1-2H3. The van der Waals surface area contributed by atoms with Crippen molar-refractivity contribution in [1.82, 2.24) is 9.21 Å². The largest absolute Gasteiger partial charge is 0.492 e. The first-order valence-corrected chi connectivity index (χ1v) is 10.9. The molecule has 1 fully saturated rings. The summed E-state index contributed by atoms with van der Waals surface area (Å²) in [6.45, 7) is 7.18. The summed E-state index contributed by atoms with van der Waals surface area (Å²) in [5.41, 5.74) is 2.03. The molecule has 1 aliphatic heterocycles. The van der Waals surface area contributed by atoms with E-state index in [1.807, 2.05) is 32.0 Å². The van der Waals surface area contributed by atoms with Gasteiger partial charge in [-0.3, -0.25) is 4.90 Å². The molecule has 1 aliphatic rings. The van der Waals surface area contributed by atoms with Crippen molar-refractivity contribution in [3.63, 3.8) is 0 Å². The predicted molar refractivity (Wildman–Crippen MR) is 108 cm³/mol. The molecule has 2 aromatic carbocycles. The van der Waals surface area contributed by atoms with Gasteiger partial charge in [-0.1, -0.05) is 41.9 Å². The van der Waals surface area contributed by atoms with Crippen molar-refractivity contribution in [3.8, 4) is 5.75 Å². The number of rotatable bonds is 6. The Hall–Kier alpha value is -1.60. The summed E-state index contributed by atoms with van der Waals surface area (Å²) in [6, 6.07) is 13.4. The van der Waals surface area contributed by atoms with Crippen LogP contribution < -0.4 is 4.74 Å². The molecule has 5 nitrogen and oxygen atoms in total. The van der Waals surface area contributed by atoms with Crippen LogP contribution in [0.25, 0.3) is 0 Å². The summed E-state index contributed by atoms with van der Waals surface area (Å²) in [4.78, 5) is 2.42. The summed E-state index contributed by atoms with van der Waals surface area (Å²) in [5.74, 6) is 0.367. The average Bonchev–Trinajstić information content (AvgIpc) is 2.66. The van der Waals surface area contributed by atoms with Gasteiger partial charge in [-0.05, 0) is 37.1 Å². The van der Waals surface area contributed by atoms with Gasteiger partial charge in [0.05, 0.1) is 6.61 Å². The van der Waals surface area contributed by atoms with Crippen LogP contribution in [0, 0.1) is 6.92 Å². The van der Waals surface area contributed by atoms with E-state index in [9.17, 15) is 8.42 Å². The topological polar surface area (TPSA) is 49.9 Å². The van der Waals surface area contributed by atoms with Gasteiger partial charge in [0.2, 0.25) is 10.0 Å². The molecule has 0 atom stereocenters. The molecule has 0 amide bonds. The molecule has 0 radical (unpaired) electrons. The van der Waals surface area contributed by atoms with E-state index in [-0.39, 0.29) is 4.90 Å². The molecule has 0 N–H and O–H groups in total. The summed E-state index contributed by atoms with van der Waals surface area (Å²) in [6.07, 6.45) is 0. The number of hydrogen-bond acceptors (Lipinski definition) is 4. The van der Waals surface area contributed by atoms with Gasteiger partial charge in [0.25, 0.3) is 0 Å². The van der Waals surface area contributed by atoms with E-state index in [0.29, 0.717) is 43.6 Å². The minimum atomic E-state index is -3.65. The number of halogens is 1. The van der Waals surface area contributed by atoms with Crippen LogP contribution in [0.2, 0.25) is 5.02 Å². The zero-order chi connectivity index (χ0) is 19.4. The highest BCUT2D eigenvalue weighted by Gasteiger charge is 2.31. The first-order chi connectivity index (χ1) is 12.9. The van der Waals surface area contributed by atoms with Crippen molar-refractivity contribution in [3.05, 3.63) is 58.6 Å². The molecule has 2 aromatic rings. The van der Waals surface area contributed by atoms with Crippen LogP contribution in [0.4, 0.5) is 0 Å². The second-order valence-electron chi connectivity index (χ2n) is 6.65. The first-order valence-electron chi connectivity index (χ1n) is 9.11. The number of benzene rings is 2. The SMILES string of the molecule is CCOc1cc(C)c(Cl)cc1S(=O)(=O)N1CCN(Cc2ccccc2)CC1. The fourth-order valence-electron chi connectivity index (χ4n) is 3.22. The quantitative estimate of drug-likeness (QED) is 0.733. The maximum absolute atomic E-state index is 13.2. The van der Waals surface area contributed by atoms with Crippen molar-refractivity contribution >= 4 is 21.6 Å². The lowest BCUT2D eigenvalue weighted by Crippen LogP contribution is -2.48. The van der Waals surface area contributed by atoms with Crippen LogP contribution >= 0.6 is 11.6 Å². The second kappa shape index (κ2) is 8.61. The smallest absolute Gasteiger partial charge is 0.246 e. The fourth-order valence-corrected chi connectivity index (χ4v) is 5.00. The molecule has 0 spiro atoms. The Morgan fingerprint density at radius 1 is 1.07 bits per heavy atom. The molecular weight excluding hydrogens is 384 g/mol. The van der Waals surface area contributed by atoms with Crippen LogP contribution in [0.5, 0.6) is 5.75 Å². The number of sulfonamides is 1. The van der Waals surface area contributed by atoms with Crippen LogP contribution in [0.1, 0.15) is 18.1 Å². The van der Waals surface area contributed by atoms with Gasteiger partial charge >= 0.3 is 0 Å². The molecule has 0 unspecified atom stereocenters. The fraction of sp³-hybridized carbons (Fsp3) is 0.400. The van der Waals surface area contributed by atoms with Gasteiger partial charge in [-0.15, -0.1) is 0 Å².